The summed E-state index contributed by atoms with van der Waals surface area (Å²) in [6.45, 7) is 7.72. The van der Waals surface area contributed by atoms with E-state index < -0.39 is 0 Å². The summed E-state index contributed by atoms with van der Waals surface area (Å²) in [7, 11) is 0. The Morgan fingerprint density at radius 3 is 2.95 bits per heavy atom. The maximum Gasteiger partial charge on any atom is 0.141 e. The molecule has 1 atom stereocenters. The lowest BCUT2D eigenvalue weighted by atomic mass is 9.94. The first-order valence-electron chi connectivity index (χ1n) is 7.04. The van der Waals surface area contributed by atoms with Gasteiger partial charge in [-0.1, -0.05) is 0 Å². The molecule has 3 rings (SSSR count). The standard InChI is InChI=1S/C15H19N3OS/c1-9-11(3)20-15-13(9)14(16-8-17-15)18-6-4-5-12(7-18)10(2)19/h8,12H,4-7H2,1-3H3. The van der Waals surface area contributed by atoms with Gasteiger partial charge in [0.25, 0.3) is 0 Å². The van der Waals surface area contributed by atoms with E-state index in [0.29, 0.717) is 5.78 Å². The highest BCUT2D eigenvalue weighted by Gasteiger charge is 2.26. The molecule has 0 amide bonds. The van der Waals surface area contributed by atoms with Crippen LogP contribution in [0.15, 0.2) is 6.33 Å². The number of hydrogen-bond acceptors (Lipinski definition) is 5. The molecule has 0 N–H and O–H groups in total. The zero-order valence-corrected chi connectivity index (χ0v) is 13.0. The number of aromatic nitrogens is 2. The van der Waals surface area contributed by atoms with Crippen molar-refractivity contribution in [3.63, 3.8) is 0 Å². The van der Waals surface area contributed by atoms with Gasteiger partial charge in [0.2, 0.25) is 0 Å². The molecule has 2 aromatic heterocycles. The fourth-order valence-corrected chi connectivity index (χ4v) is 3.90. The minimum absolute atomic E-state index is 0.147. The Hall–Kier alpha value is -1.49. The largest absolute Gasteiger partial charge is 0.355 e. The highest BCUT2D eigenvalue weighted by molar-refractivity contribution is 7.18. The molecule has 0 bridgehead atoms. The maximum atomic E-state index is 11.7. The molecule has 2 aromatic rings. The predicted octanol–water partition coefficient (Wildman–Crippen LogP) is 3.11. The molecule has 1 aliphatic heterocycles. The number of carbonyl (C=O) groups excluding carboxylic acids is 1. The van der Waals surface area contributed by atoms with Crippen LogP contribution in [0.5, 0.6) is 0 Å². The van der Waals surface area contributed by atoms with Gasteiger partial charge in [-0.3, -0.25) is 4.79 Å². The fourth-order valence-electron chi connectivity index (χ4n) is 2.90. The van der Waals surface area contributed by atoms with Crippen LogP contribution in [0, 0.1) is 19.8 Å². The number of piperidine rings is 1. The van der Waals surface area contributed by atoms with Crippen molar-refractivity contribution >= 4 is 33.2 Å². The van der Waals surface area contributed by atoms with E-state index in [1.165, 1.54) is 15.8 Å². The van der Waals surface area contributed by atoms with Crippen molar-refractivity contribution in [3.05, 3.63) is 16.8 Å². The lowest BCUT2D eigenvalue weighted by molar-refractivity contribution is -0.120. The van der Waals surface area contributed by atoms with Gasteiger partial charge in [0, 0.05) is 23.9 Å². The number of carbonyl (C=O) groups is 1. The van der Waals surface area contributed by atoms with Crippen LogP contribution in [0.25, 0.3) is 10.2 Å². The second kappa shape index (κ2) is 5.13. The van der Waals surface area contributed by atoms with Crippen molar-refractivity contribution in [1.82, 2.24) is 9.97 Å². The molecule has 5 heteroatoms. The van der Waals surface area contributed by atoms with Crippen molar-refractivity contribution in [2.75, 3.05) is 18.0 Å². The first kappa shape index (κ1) is 13.5. The van der Waals surface area contributed by atoms with E-state index in [4.69, 9.17) is 0 Å². The molecule has 0 saturated carbocycles. The van der Waals surface area contributed by atoms with Crippen LogP contribution in [-0.2, 0) is 4.79 Å². The van der Waals surface area contributed by atoms with Gasteiger partial charge in [-0.2, -0.15) is 0 Å². The Bertz CT molecular complexity index is 664. The van der Waals surface area contributed by atoms with Crippen molar-refractivity contribution < 1.29 is 4.79 Å². The average molecular weight is 289 g/mol. The lowest BCUT2D eigenvalue weighted by Gasteiger charge is -2.32. The molecular weight excluding hydrogens is 270 g/mol. The molecule has 1 aliphatic rings. The summed E-state index contributed by atoms with van der Waals surface area (Å²) >= 11 is 1.72. The second-order valence-electron chi connectivity index (χ2n) is 5.56. The smallest absolute Gasteiger partial charge is 0.141 e. The maximum absolute atomic E-state index is 11.7. The predicted molar refractivity (Wildman–Crippen MR) is 82.5 cm³/mol. The van der Waals surface area contributed by atoms with Gasteiger partial charge >= 0.3 is 0 Å². The molecule has 1 unspecified atom stereocenters. The van der Waals surface area contributed by atoms with Gasteiger partial charge in [-0.15, -0.1) is 11.3 Å². The van der Waals surface area contributed by atoms with E-state index in [1.807, 2.05) is 0 Å². The summed E-state index contributed by atoms with van der Waals surface area (Å²) in [4.78, 5) is 25.2. The Labute approximate surface area is 122 Å². The van der Waals surface area contributed by atoms with Crippen molar-refractivity contribution in [1.29, 1.82) is 0 Å². The number of hydrogen-bond donors (Lipinski definition) is 0. The Balaban J connectivity index is 2.03. The third-order valence-electron chi connectivity index (χ3n) is 4.24. The van der Waals surface area contributed by atoms with Crippen LogP contribution in [0.3, 0.4) is 0 Å². The summed E-state index contributed by atoms with van der Waals surface area (Å²) in [6, 6.07) is 0. The minimum atomic E-state index is 0.147. The number of ketones is 1. The molecule has 1 saturated heterocycles. The minimum Gasteiger partial charge on any atom is -0.355 e. The van der Waals surface area contributed by atoms with E-state index in [0.717, 1.165) is 36.6 Å². The van der Waals surface area contributed by atoms with E-state index in [9.17, 15) is 4.79 Å². The summed E-state index contributed by atoms with van der Waals surface area (Å²) in [6.07, 6.45) is 3.70. The highest BCUT2D eigenvalue weighted by atomic mass is 32.1. The molecule has 0 aliphatic carbocycles. The molecule has 1 fully saturated rings. The zero-order valence-electron chi connectivity index (χ0n) is 12.1. The van der Waals surface area contributed by atoms with Crippen molar-refractivity contribution in [2.45, 2.75) is 33.6 Å². The van der Waals surface area contributed by atoms with Crippen LogP contribution in [-0.4, -0.2) is 28.8 Å². The Kier molecular flexibility index (Phi) is 3.46. The van der Waals surface area contributed by atoms with Gasteiger partial charge in [0.15, 0.2) is 0 Å². The first-order chi connectivity index (χ1) is 9.58. The van der Waals surface area contributed by atoms with E-state index in [2.05, 4.69) is 28.7 Å². The third-order valence-corrected chi connectivity index (χ3v) is 5.36. The molecule has 4 nitrogen and oxygen atoms in total. The molecule has 0 radical (unpaired) electrons. The monoisotopic (exact) mass is 289 g/mol. The highest BCUT2D eigenvalue weighted by Crippen LogP contribution is 2.35. The van der Waals surface area contributed by atoms with Crippen LogP contribution >= 0.6 is 11.3 Å². The van der Waals surface area contributed by atoms with Gasteiger partial charge in [0.1, 0.15) is 22.8 Å². The summed E-state index contributed by atoms with van der Waals surface area (Å²) < 4.78 is 0. The number of Topliss-reactive ketones (excluding diaryl/α,β-unsaturated/α-hetero) is 1. The number of anilines is 1. The third kappa shape index (κ3) is 2.20. The second-order valence-corrected chi connectivity index (χ2v) is 6.76. The normalized spacial score (nSPS) is 19.6. The number of rotatable bonds is 2. The molecule has 106 valence electrons. The Morgan fingerprint density at radius 2 is 2.20 bits per heavy atom. The van der Waals surface area contributed by atoms with Crippen LogP contribution in [0.4, 0.5) is 5.82 Å². The topological polar surface area (TPSA) is 46.1 Å². The van der Waals surface area contributed by atoms with E-state index in [-0.39, 0.29) is 5.92 Å². The zero-order chi connectivity index (χ0) is 14.3. The number of aryl methyl sites for hydroxylation is 2. The van der Waals surface area contributed by atoms with Gasteiger partial charge in [0.05, 0.1) is 5.39 Å². The SMILES string of the molecule is CC(=O)C1CCCN(c2ncnc3sc(C)c(C)c23)C1. The fraction of sp³-hybridized carbons (Fsp3) is 0.533. The van der Waals surface area contributed by atoms with Crippen LogP contribution in [0.1, 0.15) is 30.2 Å². The molecule has 0 spiro atoms. The first-order valence-corrected chi connectivity index (χ1v) is 7.85. The summed E-state index contributed by atoms with van der Waals surface area (Å²) in [5.41, 5.74) is 1.27. The molecule has 3 heterocycles. The van der Waals surface area contributed by atoms with Gasteiger partial charge in [-0.25, -0.2) is 9.97 Å². The number of nitrogens with zero attached hydrogens (tertiary/aromatic N) is 3. The summed E-state index contributed by atoms with van der Waals surface area (Å²) in [5, 5.41) is 1.17. The molecule has 20 heavy (non-hydrogen) atoms. The molecular formula is C15H19N3OS. The summed E-state index contributed by atoms with van der Waals surface area (Å²) in [5.74, 6) is 1.44. The van der Waals surface area contributed by atoms with Gasteiger partial charge < -0.3 is 4.90 Å². The average Bonchev–Trinajstić information content (AvgIpc) is 2.74. The quantitative estimate of drug-likeness (QED) is 0.852. The Morgan fingerprint density at radius 1 is 1.40 bits per heavy atom. The van der Waals surface area contributed by atoms with E-state index in [1.54, 1.807) is 24.6 Å². The molecule has 0 aromatic carbocycles. The van der Waals surface area contributed by atoms with Crippen LogP contribution in [0.2, 0.25) is 0 Å². The van der Waals surface area contributed by atoms with Crippen LogP contribution < -0.4 is 4.90 Å². The van der Waals surface area contributed by atoms with E-state index >= 15 is 0 Å². The van der Waals surface area contributed by atoms with Crippen molar-refractivity contribution in [2.24, 2.45) is 5.92 Å². The van der Waals surface area contributed by atoms with Gasteiger partial charge in [-0.05, 0) is 39.2 Å². The number of thiophene rings is 1. The lowest BCUT2D eigenvalue weighted by Crippen LogP contribution is -2.38. The number of fused-ring (bicyclic) bond motifs is 1. The van der Waals surface area contributed by atoms with Crippen molar-refractivity contribution in [3.8, 4) is 0 Å².